The number of allylic oxidation sites excluding steroid dienone is 4. The van der Waals surface area contributed by atoms with Gasteiger partial charge in [0.2, 0.25) is 11.8 Å². The number of carbonyl (C=O) groups is 5. The van der Waals surface area contributed by atoms with Crippen molar-refractivity contribution in [2.45, 2.75) is 24.2 Å². The average molecular weight is 714 g/mol. The number of amides is 2. The van der Waals surface area contributed by atoms with E-state index < -0.39 is 52.8 Å². The van der Waals surface area contributed by atoms with E-state index in [9.17, 15) is 24.6 Å². The highest BCUT2D eigenvalue weighted by Gasteiger charge is 2.66. The van der Waals surface area contributed by atoms with E-state index in [0.29, 0.717) is 22.3 Å². The Labute approximate surface area is 303 Å². The third kappa shape index (κ3) is 4.79. The Kier molecular flexibility index (Phi) is 7.99. The summed E-state index contributed by atoms with van der Waals surface area (Å²) in [4.78, 5) is 71.7. The number of benzene rings is 4. The first-order valence-electron chi connectivity index (χ1n) is 17.0. The lowest BCUT2D eigenvalue weighted by Gasteiger charge is -2.55. The zero-order valence-corrected chi connectivity index (χ0v) is 28.6. The minimum Gasteiger partial charge on any atom is -0.503 e. The number of carboxylic acids is 1. The van der Waals surface area contributed by atoms with Gasteiger partial charge in [-0.3, -0.25) is 24.1 Å². The number of aromatic carboxylic acids is 1. The van der Waals surface area contributed by atoms with Gasteiger partial charge in [-0.2, -0.15) is 0 Å². The van der Waals surface area contributed by atoms with Crippen LogP contribution in [0.15, 0.2) is 115 Å². The monoisotopic (exact) mass is 713 g/mol. The van der Waals surface area contributed by atoms with E-state index in [1.165, 1.54) is 37.5 Å². The number of phenolic OH excluding ortho intramolecular Hbond substituents is 1. The third-order valence-corrected chi connectivity index (χ3v) is 11.6. The molecule has 1 saturated heterocycles. The molecule has 2 N–H and O–H groups in total. The molecule has 260 valence electrons. The quantitative estimate of drug-likeness (QED) is 0.165. The third-order valence-electron chi connectivity index (χ3n) is 11.3. The molecule has 2 fully saturated rings. The second-order valence-electron chi connectivity index (χ2n) is 13.7. The minimum absolute atomic E-state index is 0.0165. The molecule has 2 amide bonds. The zero-order valence-electron chi connectivity index (χ0n) is 27.9. The maximum atomic E-state index is 15.2. The zero-order chi connectivity index (χ0) is 36.5. The topological polar surface area (TPSA) is 138 Å². The Morgan fingerprint density at radius 1 is 0.885 bits per heavy atom. The summed E-state index contributed by atoms with van der Waals surface area (Å²) >= 11 is 6.62. The molecule has 6 atom stereocenters. The number of fused-ring (bicyclic) bond motifs is 4. The fraction of sp³-hybridized carbons (Fsp3) is 0.214. The van der Waals surface area contributed by atoms with Gasteiger partial charge in [-0.05, 0) is 71.9 Å². The number of ketones is 2. The molecular weight excluding hydrogens is 682 g/mol. The number of methoxy groups -OCH3 is 1. The Hall–Kier alpha value is -5.80. The SMILES string of the molecule is COc1cc(C2C3=CCC4C(=O)N(c5cccc(C(=O)O)c5)C(=O)C4C3CC3C(=O)C(c4ccccc4)=CC(=O)C32c2ccccc2)cc(Cl)c1O. The number of carboxylic acid groups (broad SMARTS) is 1. The molecule has 1 saturated carbocycles. The van der Waals surface area contributed by atoms with Gasteiger partial charge in [0.25, 0.3) is 0 Å². The Morgan fingerprint density at radius 3 is 2.29 bits per heavy atom. The highest BCUT2D eigenvalue weighted by Crippen LogP contribution is 2.64. The molecular formula is C42H32ClNO8. The molecule has 52 heavy (non-hydrogen) atoms. The lowest BCUT2D eigenvalue weighted by molar-refractivity contribution is -0.135. The van der Waals surface area contributed by atoms with E-state index >= 15 is 9.59 Å². The van der Waals surface area contributed by atoms with Gasteiger partial charge in [0.05, 0.1) is 40.6 Å². The van der Waals surface area contributed by atoms with Crippen molar-refractivity contribution in [2.75, 3.05) is 12.0 Å². The van der Waals surface area contributed by atoms with Gasteiger partial charge in [0, 0.05) is 17.4 Å². The number of rotatable bonds is 6. The molecule has 0 radical (unpaired) electrons. The van der Waals surface area contributed by atoms with Gasteiger partial charge in [-0.15, -0.1) is 0 Å². The Bertz CT molecular complexity index is 2260. The van der Waals surface area contributed by atoms with E-state index in [0.717, 1.165) is 4.90 Å². The second-order valence-corrected chi connectivity index (χ2v) is 14.1. The Morgan fingerprint density at radius 2 is 1.60 bits per heavy atom. The van der Waals surface area contributed by atoms with E-state index in [1.54, 1.807) is 36.4 Å². The summed E-state index contributed by atoms with van der Waals surface area (Å²) in [5, 5.41) is 20.4. The molecule has 0 spiro atoms. The number of halogens is 1. The van der Waals surface area contributed by atoms with Gasteiger partial charge >= 0.3 is 5.97 Å². The van der Waals surface area contributed by atoms with Crippen LogP contribution >= 0.6 is 11.6 Å². The molecule has 1 aliphatic heterocycles. The largest absolute Gasteiger partial charge is 0.503 e. The second kappa shape index (κ2) is 12.5. The fourth-order valence-electron chi connectivity index (χ4n) is 9.20. The highest BCUT2D eigenvalue weighted by molar-refractivity contribution is 6.33. The number of nitrogens with zero attached hydrogens (tertiary/aromatic N) is 1. The maximum absolute atomic E-state index is 15.2. The fourth-order valence-corrected chi connectivity index (χ4v) is 9.42. The summed E-state index contributed by atoms with van der Waals surface area (Å²) in [6, 6.07) is 27.0. The molecule has 0 aromatic heterocycles. The lowest BCUT2D eigenvalue weighted by Crippen LogP contribution is -2.58. The van der Waals surface area contributed by atoms with Crippen LogP contribution in [0, 0.1) is 23.7 Å². The molecule has 4 aromatic rings. The van der Waals surface area contributed by atoms with E-state index in [1.807, 2.05) is 42.5 Å². The molecule has 6 unspecified atom stereocenters. The normalized spacial score (nSPS) is 26.6. The van der Waals surface area contributed by atoms with Crippen LogP contribution in [-0.4, -0.2) is 46.7 Å². The van der Waals surface area contributed by atoms with Crippen molar-refractivity contribution in [3.63, 3.8) is 0 Å². The van der Waals surface area contributed by atoms with Gasteiger partial charge < -0.3 is 14.9 Å². The average Bonchev–Trinajstić information content (AvgIpc) is 3.42. The van der Waals surface area contributed by atoms with Crippen molar-refractivity contribution < 1.29 is 38.9 Å². The number of imide groups is 1. The number of hydrogen-bond acceptors (Lipinski definition) is 7. The summed E-state index contributed by atoms with van der Waals surface area (Å²) in [6.07, 6.45) is 3.62. The predicted octanol–water partition coefficient (Wildman–Crippen LogP) is 6.78. The number of phenols is 1. The van der Waals surface area contributed by atoms with Crippen molar-refractivity contribution in [2.24, 2.45) is 23.7 Å². The van der Waals surface area contributed by atoms with Gasteiger partial charge in [-0.25, -0.2) is 4.79 Å². The first kappa shape index (κ1) is 33.3. The van der Waals surface area contributed by atoms with Crippen molar-refractivity contribution in [1.82, 2.24) is 0 Å². The smallest absolute Gasteiger partial charge is 0.335 e. The van der Waals surface area contributed by atoms with Crippen LogP contribution in [0.4, 0.5) is 5.69 Å². The number of carbonyl (C=O) groups excluding carboxylic acids is 4. The molecule has 9 nitrogen and oxygen atoms in total. The first-order valence-corrected chi connectivity index (χ1v) is 17.3. The van der Waals surface area contributed by atoms with Gasteiger partial charge in [0.15, 0.2) is 23.1 Å². The van der Waals surface area contributed by atoms with Gasteiger partial charge in [0.1, 0.15) is 0 Å². The number of aromatic hydroxyl groups is 1. The summed E-state index contributed by atoms with van der Waals surface area (Å²) in [6.45, 7) is 0. The molecule has 4 aromatic carbocycles. The van der Waals surface area contributed by atoms with E-state index in [-0.39, 0.29) is 57.8 Å². The van der Waals surface area contributed by atoms with Crippen molar-refractivity contribution in [1.29, 1.82) is 0 Å². The van der Waals surface area contributed by atoms with E-state index in [2.05, 4.69) is 0 Å². The molecule has 3 aliphatic carbocycles. The van der Waals surface area contributed by atoms with Crippen LogP contribution in [0.1, 0.15) is 45.8 Å². The summed E-state index contributed by atoms with van der Waals surface area (Å²) in [5.74, 6) is -7.04. The van der Waals surface area contributed by atoms with Crippen LogP contribution in [0.5, 0.6) is 11.5 Å². The lowest BCUT2D eigenvalue weighted by atomic mass is 9.44. The number of ether oxygens (including phenoxy) is 1. The standard InChI is InChI=1S/C42H32ClNO8/c1-52-33-19-24(18-32(43)38(33)47)36-27-15-16-28-35(40(49)44(39(28)48)26-14-8-11-23(17-26)41(50)51)30(27)20-31-37(46)29(22-9-4-2-5-10-22)21-34(45)42(31,36)25-12-6-3-7-13-25/h2-15,17-19,21,28,30-31,35-36,47H,16,20H2,1H3,(H,50,51). The molecule has 0 bridgehead atoms. The highest BCUT2D eigenvalue weighted by atomic mass is 35.5. The van der Waals surface area contributed by atoms with Gasteiger partial charge in [-0.1, -0.05) is 90.0 Å². The van der Waals surface area contributed by atoms with Crippen LogP contribution in [0.2, 0.25) is 5.02 Å². The number of Topliss-reactive ketones (excluding diaryl/α,β-unsaturated/α-hetero) is 1. The molecule has 4 aliphatic rings. The summed E-state index contributed by atoms with van der Waals surface area (Å²) in [5.41, 5.74) is 1.28. The minimum atomic E-state index is -1.49. The van der Waals surface area contributed by atoms with Crippen molar-refractivity contribution in [3.05, 3.63) is 142 Å². The molecule has 10 heteroatoms. The van der Waals surface area contributed by atoms with E-state index in [4.69, 9.17) is 16.3 Å². The first-order chi connectivity index (χ1) is 25.1. The van der Waals surface area contributed by atoms with Crippen LogP contribution in [0.25, 0.3) is 5.57 Å². The van der Waals surface area contributed by atoms with Crippen LogP contribution in [-0.2, 0) is 24.6 Å². The van der Waals surface area contributed by atoms with Crippen LogP contribution in [0.3, 0.4) is 0 Å². The maximum Gasteiger partial charge on any atom is 0.335 e. The van der Waals surface area contributed by atoms with Crippen LogP contribution < -0.4 is 9.64 Å². The summed E-state index contributed by atoms with van der Waals surface area (Å²) < 4.78 is 5.52. The number of hydrogen-bond donors (Lipinski definition) is 2. The van der Waals surface area contributed by atoms with Crippen molar-refractivity contribution >= 4 is 52.2 Å². The Balaban J connectivity index is 1.37. The predicted molar refractivity (Wildman–Crippen MR) is 192 cm³/mol. The molecule has 1 heterocycles. The molecule has 8 rings (SSSR count). The van der Waals surface area contributed by atoms with Crippen molar-refractivity contribution in [3.8, 4) is 11.5 Å². The summed E-state index contributed by atoms with van der Waals surface area (Å²) in [7, 11) is 1.39. The number of anilines is 1.